The van der Waals surface area contributed by atoms with Crippen molar-refractivity contribution in [1.82, 2.24) is 0 Å². The lowest BCUT2D eigenvalue weighted by Gasteiger charge is -2.15. The van der Waals surface area contributed by atoms with Gasteiger partial charge in [-0.2, -0.15) is 0 Å². The van der Waals surface area contributed by atoms with Crippen molar-refractivity contribution >= 4 is 5.78 Å². The molecule has 0 amide bonds. The minimum absolute atomic E-state index is 0.0109. The number of halogens is 1. The molecule has 1 unspecified atom stereocenters. The highest BCUT2D eigenvalue weighted by Crippen LogP contribution is 2.22. The van der Waals surface area contributed by atoms with Crippen molar-refractivity contribution in [3.63, 3.8) is 0 Å². The lowest BCUT2D eigenvalue weighted by Crippen LogP contribution is -2.09. The van der Waals surface area contributed by atoms with E-state index >= 15 is 0 Å². The summed E-state index contributed by atoms with van der Waals surface area (Å²) < 4.78 is 18.2. The number of benzene rings is 2. The van der Waals surface area contributed by atoms with Gasteiger partial charge in [-0.1, -0.05) is 42.5 Å². The third-order valence-electron chi connectivity index (χ3n) is 2.99. The maximum Gasteiger partial charge on any atom is 0.165 e. The van der Waals surface area contributed by atoms with Gasteiger partial charge in [0.25, 0.3) is 0 Å². The predicted octanol–water partition coefficient (Wildman–Crippen LogP) is 3.79. The molecule has 2 rings (SSSR count). The lowest BCUT2D eigenvalue weighted by molar-refractivity contribution is 0.0730. The molecule has 19 heavy (non-hydrogen) atoms. The second-order valence-corrected chi connectivity index (χ2v) is 4.27. The lowest BCUT2D eigenvalue weighted by atomic mass is 10.00. The third kappa shape index (κ3) is 3.48. The topological polar surface area (TPSA) is 26.3 Å². The van der Waals surface area contributed by atoms with E-state index in [-0.39, 0.29) is 24.1 Å². The summed E-state index contributed by atoms with van der Waals surface area (Å²) in [5, 5.41) is 0. The van der Waals surface area contributed by atoms with Crippen molar-refractivity contribution in [2.75, 3.05) is 7.11 Å². The number of hydrogen-bond acceptors (Lipinski definition) is 2. The minimum atomic E-state index is -0.353. The van der Waals surface area contributed by atoms with Crippen LogP contribution in [0.15, 0.2) is 54.6 Å². The van der Waals surface area contributed by atoms with Crippen LogP contribution in [0.3, 0.4) is 0 Å². The maximum atomic E-state index is 12.9. The smallest absolute Gasteiger partial charge is 0.165 e. The number of ketones is 1. The van der Waals surface area contributed by atoms with Crippen LogP contribution < -0.4 is 0 Å². The van der Waals surface area contributed by atoms with E-state index < -0.39 is 0 Å². The van der Waals surface area contributed by atoms with E-state index in [4.69, 9.17) is 4.74 Å². The van der Waals surface area contributed by atoms with Gasteiger partial charge in [-0.15, -0.1) is 0 Å². The van der Waals surface area contributed by atoms with Crippen molar-refractivity contribution < 1.29 is 13.9 Å². The summed E-state index contributed by atoms with van der Waals surface area (Å²) in [4.78, 5) is 12.1. The second kappa shape index (κ2) is 6.25. The molecule has 2 aromatic rings. The molecule has 0 saturated heterocycles. The number of rotatable bonds is 5. The highest BCUT2D eigenvalue weighted by atomic mass is 19.1. The average Bonchev–Trinajstić information content (AvgIpc) is 2.46. The molecule has 2 nitrogen and oxygen atoms in total. The van der Waals surface area contributed by atoms with Gasteiger partial charge >= 0.3 is 0 Å². The highest BCUT2D eigenvalue weighted by molar-refractivity contribution is 5.96. The molecular weight excluding hydrogens is 243 g/mol. The van der Waals surface area contributed by atoms with Crippen molar-refractivity contribution in [3.8, 4) is 0 Å². The summed E-state index contributed by atoms with van der Waals surface area (Å²) >= 11 is 0. The van der Waals surface area contributed by atoms with Gasteiger partial charge in [-0.3, -0.25) is 4.79 Å². The number of carbonyl (C=O) groups is 1. The van der Waals surface area contributed by atoms with Gasteiger partial charge in [0, 0.05) is 19.1 Å². The summed E-state index contributed by atoms with van der Waals surface area (Å²) in [6, 6.07) is 15.1. The molecule has 0 heterocycles. The van der Waals surface area contributed by atoms with Gasteiger partial charge in [0.2, 0.25) is 0 Å². The molecule has 2 aromatic carbocycles. The Kier molecular flexibility index (Phi) is 4.42. The molecule has 0 spiro atoms. The number of carbonyl (C=O) groups excluding carboxylic acids is 1. The fourth-order valence-electron chi connectivity index (χ4n) is 1.92. The Labute approximate surface area is 111 Å². The van der Waals surface area contributed by atoms with Crippen LogP contribution in [-0.4, -0.2) is 12.9 Å². The van der Waals surface area contributed by atoms with Crippen molar-refractivity contribution in [2.45, 2.75) is 12.5 Å². The summed E-state index contributed by atoms with van der Waals surface area (Å²) in [5.41, 5.74) is 1.46. The Morgan fingerprint density at radius 3 is 2.32 bits per heavy atom. The number of hydrogen-bond donors (Lipinski definition) is 0. The molecule has 0 radical (unpaired) electrons. The summed E-state index contributed by atoms with van der Waals surface area (Å²) in [6.45, 7) is 0. The largest absolute Gasteiger partial charge is 0.376 e. The molecular formula is C16H15FO2. The highest BCUT2D eigenvalue weighted by Gasteiger charge is 2.16. The van der Waals surface area contributed by atoms with Crippen molar-refractivity contribution in [3.05, 3.63) is 71.5 Å². The van der Waals surface area contributed by atoms with Gasteiger partial charge in [-0.05, 0) is 17.7 Å². The van der Waals surface area contributed by atoms with E-state index in [1.165, 1.54) is 12.1 Å². The van der Waals surface area contributed by atoms with Gasteiger partial charge in [0.1, 0.15) is 5.82 Å². The maximum absolute atomic E-state index is 12.9. The van der Waals surface area contributed by atoms with E-state index in [9.17, 15) is 9.18 Å². The molecule has 1 atom stereocenters. The Morgan fingerprint density at radius 1 is 1.11 bits per heavy atom. The zero-order chi connectivity index (χ0) is 13.7. The van der Waals surface area contributed by atoms with Crippen LogP contribution in [0.2, 0.25) is 0 Å². The van der Waals surface area contributed by atoms with Crippen LogP contribution in [0.5, 0.6) is 0 Å². The fourth-order valence-corrected chi connectivity index (χ4v) is 1.92. The molecule has 0 aliphatic heterocycles. The molecule has 98 valence electrons. The van der Waals surface area contributed by atoms with Crippen LogP contribution in [0.25, 0.3) is 0 Å². The van der Waals surface area contributed by atoms with Crippen LogP contribution in [0.4, 0.5) is 4.39 Å². The molecule has 0 saturated carbocycles. The van der Waals surface area contributed by atoms with E-state index in [0.717, 1.165) is 5.56 Å². The van der Waals surface area contributed by atoms with E-state index in [1.54, 1.807) is 31.4 Å². The molecule has 0 aliphatic carbocycles. The molecule has 0 bridgehead atoms. The molecule has 0 aliphatic rings. The Hall–Kier alpha value is -2.00. The Morgan fingerprint density at radius 2 is 1.74 bits per heavy atom. The monoisotopic (exact) mass is 258 g/mol. The molecule has 0 N–H and O–H groups in total. The molecule has 0 aromatic heterocycles. The first-order valence-electron chi connectivity index (χ1n) is 6.07. The fraction of sp³-hybridized carbons (Fsp3) is 0.188. The first-order valence-corrected chi connectivity index (χ1v) is 6.07. The zero-order valence-electron chi connectivity index (χ0n) is 10.7. The predicted molar refractivity (Wildman–Crippen MR) is 71.5 cm³/mol. The third-order valence-corrected chi connectivity index (χ3v) is 2.99. The van der Waals surface area contributed by atoms with Gasteiger partial charge in [0.05, 0.1) is 6.10 Å². The quantitative estimate of drug-likeness (QED) is 0.763. The SMILES string of the molecule is COC(CC(=O)c1ccccc1)c1ccc(F)cc1. The van der Waals surface area contributed by atoms with Crippen molar-refractivity contribution in [2.24, 2.45) is 0 Å². The molecule has 0 fully saturated rings. The number of ether oxygens (including phenoxy) is 1. The first kappa shape index (κ1) is 13.4. The summed E-state index contributed by atoms with van der Waals surface area (Å²) in [7, 11) is 1.55. The molecule has 3 heteroatoms. The number of methoxy groups -OCH3 is 1. The van der Waals surface area contributed by atoms with Crippen LogP contribution in [0, 0.1) is 5.82 Å². The average molecular weight is 258 g/mol. The minimum Gasteiger partial charge on any atom is -0.376 e. The normalized spacial score (nSPS) is 12.1. The van der Waals surface area contributed by atoms with Gasteiger partial charge in [0.15, 0.2) is 5.78 Å². The standard InChI is InChI=1S/C16H15FO2/c1-19-16(13-7-9-14(17)10-8-13)11-15(18)12-5-3-2-4-6-12/h2-10,16H,11H2,1H3. The van der Waals surface area contributed by atoms with Crippen molar-refractivity contribution in [1.29, 1.82) is 0 Å². The number of Topliss-reactive ketones (excluding diaryl/α,β-unsaturated/α-hetero) is 1. The van der Waals surface area contributed by atoms with E-state index in [2.05, 4.69) is 0 Å². The van der Waals surface area contributed by atoms with Gasteiger partial charge in [-0.25, -0.2) is 4.39 Å². The second-order valence-electron chi connectivity index (χ2n) is 4.27. The summed E-state index contributed by atoms with van der Waals surface area (Å²) in [5.74, 6) is -0.287. The van der Waals surface area contributed by atoms with Gasteiger partial charge < -0.3 is 4.74 Å². The van der Waals surface area contributed by atoms with Crippen LogP contribution in [0.1, 0.15) is 28.4 Å². The Balaban J connectivity index is 2.11. The zero-order valence-corrected chi connectivity index (χ0v) is 10.7. The summed E-state index contributed by atoms with van der Waals surface area (Å²) in [6.07, 6.45) is -0.111. The first-order chi connectivity index (χ1) is 9.20. The Bertz CT molecular complexity index is 534. The van der Waals surface area contributed by atoms with Crippen LogP contribution >= 0.6 is 0 Å². The van der Waals surface area contributed by atoms with E-state index in [1.807, 2.05) is 18.2 Å². The van der Waals surface area contributed by atoms with Crippen LogP contribution in [-0.2, 0) is 4.74 Å². The van der Waals surface area contributed by atoms with E-state index in [0.29, 0.717) is 5.56 Å².